The molecule has 0 spiro atoms. The highest BCUT2D eigenvalue weighted by Crippen LogP contribution is 2.17. The van der Waals surface area contributed by atoms with Crippen LogP contribution in [-0.4, -0.2) is 29.0 Å². The van der Waals surface area contributed by atoms with Crippen molar-refractivity contribution in [3.05, 3.63) is 34.9 Å². The Kier molecular flexibility index (Phi) is 5.76. The number of aliphatic hydroxyl groups excluding tert-OH is 1. The molecule has 1 N–H and O–H groups in total. The summed E-state index contributed by atoms with van der Waals surface area (Å²) in [6, 6.07) is 7.06. The van der Waals surface area contributed by atoms with E-state index in [1.807, 2.05) is 0 Å². The Morgan fingerprint density at radius 2 is 2.13 bits per heavy atom. The number of rotatable bonds is 6. The number of benzene rings is 1. The van der Waals surface area contributed by atoms with Crippen molar-refractivity contribution in [2.75, 3.05) is 18.1 Å². The number of hydrogen-bond acceptors (Lipinski definition) is 3. The lowest BCUT2D eigenvalue weighted by Gasteiger charge is -2.02. The highest BCUT2D eigenvalue weighted by Gasteiger charge is 2.08. The maximum Gasteiger partial charge on any atom is 0.174 e. The van der Waals surface area contributed by atoms with Gasteiger partial charge in [-0.05, 0) is 24.3 Å². The SMILES string of the molecule is O=C(CSCCCO)c1ccccc1Cl. The van der Waals surface area contributed by atoms with Gasteiger partial charge in [0, 0.05) is 12.2 Å². The van der Waals surface area contributed by atoms with Gasteiger partial charge in [-0.15, -0.1) is 0 Å². The topological polar surface area (TPSA) is 37.3 Å². The smallest absolute Gasteiger partial charge is 0.174 e. The predicted octanol–water partition coefficient (Wildman–Crippen LogP) is 2.64. The van der Waals surface area contributed by atoms with Crippen LogP contribution in [0, 0.1) is 0 Å². The van der Waals surface area contributed by atoms with E-state index >= 15 is 0 Å². The normalized spacial score (nSPS) is 10.3. The Labute approximate surface area is 98.6 Å². The van der Waals surface area contributed by atoms with E-state index < -0.39 is 0 Å². The molecule has 82 valence electrons. The molecule has 0 saturated carbocycles. The number of carbonyl (C=O) groups is 1. The van der Waals surface area contributed by atoms with E-state index in [0.717, 1.165) is 12.2 Å². The summed E-state index contributed by atoms with van der Waals surface area (Å²) in [5.41, 5.74) is 0.579. The molecule has 0 unspecified atom stereocenters. The molecule has 0 amide bonds. The molecular formula is C11H13ClO2S. The predicted molar refractivity (Wildman–Crippen MR) is 64.8 cm³/mol. The Balaban J connectivity index is 2.44. The van der Waals surface area contributed by atoms with Crippen LogP contribution in [0.1, 0.15) is 16.8 Å². The van der Waals surface area contributed by atoms with Crippen LogP contribution in [0.2, 0.25) is 5.02 Å². The molecule has 0 atom stereocenters. The van der Waals surface area contributed by atoms with E-state index in [1.165, 1.54) is 11.8 Å². The molecule has 15 heavy (non-hydrogen) atoms. The zero-order valence-corrected chi connectivity index (χ0v) is 9.85. The fourth-order valence-corrected chi connectivity index (χ4v) is 2.16. The third-order valence-corrected chi connectivity index (χ3v) is 3.23. The standard InChI is InChI=1S/C11H13ClO2S/c12-10-5-2-1-4-9(10)11(14)8-15-7-3-6-13/h1-2,4-5,13H,3,6-8H2. The van der Waals surface area contributed by atoms with Crippen LogP contribution in [0.25, 0.3) is 0 Å². The van der Waals surface area contributed by atoms with E-state index in [9.17, 15) is 4.79 Å². The number of aliphatic hydroxyl groups is 1. The van der Waals surface area contributed by atoms with Gasteiger partial charge in [-0.3, -0.25) is 4.79 Å². The number of halogens is 1. The van der Waals surface area contributed by atoms with E-state index in [1.54, 1.807) is 24.3 Å². The van der Waals surface area contributed by atoms with Gasteiger partial charge in [-0.2, -0.15) is 11.8 Å². The molecule has 1 aromatic carbocycles. The summed E-state index contributed by atoms with van der Waals surface area (Å²) in [5.74, 6) is 1.26. The third kappa shape index (κ3) is 4.24. The van der Waals surface area contributed by atoms with Gasteiger partial charge >= 0.3 is 0 Å². The molecule has 2 nitrogen and oxygen atoms in total. The molecule has 0 aliphatic heterocycles. The third-order valence-electron chi connectivity index (χ3n) is 1.85. The Hall–Kier alpha value is -0.510. The molecule has 4 heteroatoms. The fourth-order valence-electron chi connectivity index (χ4n) is 1.10. The highest BCUT2D eigenvalue weighted by molar-refractivity contribution is 7.99. The van der Waals surface area contributed by atoms with E-state index in [4.69, 9.17) is 16.7 Å². The largest absolute Gasteiger partial charge is 0.396 e. The summed E-state index contributed by atoms with van der Waals surface area (Å²) >= 11 is 7.41. The first-order valence-corrected chi connectivity index (χ1v) is 6.25. The van der Waals surface area contributed by atoms with Crippen LogP contribution in [0.3, 0.4) is 0 Å². The van der Waals surface area contributed by atoms with Gasteiger partial charge in [0.2, 0.25) is 0 Å². The van der Waals surface area contributed by atoms with Crippen molar-refractivity contribution in [1.82, 2.24) is 0 Å². The molecule has 1 aromatic rings. The maximum absolute atomic E-state index is 11.7. The van der Waals surface area contributed by atoms with Crippen LogP contribution in [0.4, 0.5) is 0 Å². The minimum Gasteiger partial charge on any atom is -0.396 e. The van der Waals surface area contributed by atoms with Crippen molar-refractivity contribution in [1.29, 1.82) is 0 Å². The lowest BCUT2D eigenvalue weighted by molar-refractivity contribution is 0.102. The molecular weight excluding hydrogens is 232 g/mol. The van der Waals surface area contributed by atoms with Crippen LogP contribution < -0.4 is 0 Å². The summed E-state index contributed by atoms with van der Waals surface area (Å²) in [5, 5.41) is 9.08. The van der Waals surface area contributed by atoms with Crippen molar-refractivity contribution in [2.24, 2.45) is 0 Å². The number of thioether (sulfide) groups is 1. The lowest BCUT2D eigenvalue weighted by Crippen LogP contribution is -2.04. The molecule has 0 aliphatic carbocycles. The Morgan fingerprint density at radius 1 is 1.40 bits per heavy atom. The molecule has 0 heterocycles. The zero-order chi connectivity index (χ0) is 11.1. The Bertz CT molecular complexity index is 328. The van der Waals surface area contributed by atoms with E-state index in [-0.39, 0.29) is 12.4 Å². The van der Waals surface area contributed by atoms with Crippen molar-refractivity contribution >= 4 is 29.1 Å². The molecule has 0 saturated heterocycles. The minimum atomic E-state index is 0.0449. The molecule has 0 bridgehead atoms. The second-order valence-corrected chi connectivity index (χ2v) is 4.55. The maximum atomic E-state index is 11.7. The van der Waals surface area contributed by atoms with Crippen molar-refractivity contribution < 1.29 is 9.90 Å². The lowest BCUT2D eigenvalue weighted by atomic mass is 10.1. The number of Topliss-reactive ketones (excluding diaryl/α,β-unsaturated/α-hetero) is 1. The second kappa shape index (κ2) is 6.88. The number of ketones is 1. The fraction of sp³-hybridized carbons (Fsp3) is 0.364. The van der Waals surface area contributed by atoms with E-state index in [0.29, 0.717) is 16.3 Å². The summed E-state index contributed by atoms with van der Waals surface area (Å²) in [4.78, 5) is 11.7. The van der Waals surface area contributed by atoms with Crippen LogP contribution in [0.15, 0.2) is 24.3 Å². The van der Waals surface area contributed by atoms with Crippen molar-refractivity contribution in [3.8, 4) is 0 Å². The zero-order valence-electron chi connectivity index (χ0n) is 8.28. The van der Waals surface area contributed by atoms with Crippen molar-refractivity contribution in [3.63, 3.8) is 0 Å². The molecule has 1 rings (SSSR count). The van der Waals surface area contributed by atoms with Gasteiger partial charge in [-0.25, -0.2) is 0 Å². The van der Waals surface area contributed by atoms with Gasteiger partial charge in [0.15, 0.2) is 5.78 Å². The summed E-state index contributed by atoms with van der Waals surface area (Å²) in [6.07, 6.45) is 0.723. The van der Waals surface area contributed by atoms with Crippen LogP contribution in [0.5, 0.6) is 0 Å². The van der Waals surface area contributed by atoms with Crippen LogP contribution >= 0.6 is 23.4 Å². The highest BCUT2D eigenvalue weighted by atomic mass is 35.5. The summed E-state index contributed by atoms with van der Waals surface area (Å²) < 4.78 is 0. The quantitative estimate of drug-likeness (QED) is 0.618. The Morgan fingerprint density at radius 3 is 2.80 bits per heavy atom. The van der Waals surface area contributed by atoms with Gasteiger partial charge < -0.3 is 5.11 Å². The average molecular weight is 245 g/mol. The summed E-state index contributed by atoms with van der Waals surface area (Å²) in [6.45, 7) is 0.174. The molecule has 0 fully saturated rings. The average Bonchev–Trinajstić information content (AvgIpc) is 2.25. The van der Waals surface area contributed by atoms with Gasteiger partial charge in [0.25, 0.3) is 0 Å². The summed E-state index contributed by atoms with van der Waals surface area (Å²) in [7, 11) is 0. The first-order valence-electron chi connectivity index (χ1n) is 4.72. The van der Waals surface area contributed by atoms with Gasteiger partial charge in [0.05, 0.1) is 10.8 Å². The monoisotopic (exact) mass is 244 g/mol. The molecule has 0 aliphatic rings. The molecule has 0 radical (unpaired) electrons. The first-order chi connectivity index (χ1) is 7.25. The minimum absolute atomic E-state index is 0.0449. The van der Waals surface area contributed by atoms with Crippen LogP contribution in [-0.2, 0) is 0 Å². The first kappa shape index (κ1) is 12.6. The van der Waals surface area contributed by atoms with Gasteiger partial charge in [0.1, 0.15) is 0 Å². The number of carbonyl (C=O) groups excluding carboxylic acids is 1. The molecule has 0 aromatic heterocycles. The van der Waals surface area contributed by atoms with Crippen molar-refractivity contribution in [2.45, 2.75) is 6.42 Å². The number of hydrogen-bond donors (Lipinski definition) is 1. The van der Waals surface area contributed by atoms with E-state index in [2.05, 4.69) is 0 Å². The second-order valence-electron chi connectivity index (χ2n) is 3.03. The van der Waals surface area contributed by atoms with Gasteiger partial charge in [-0.1, -0.05) is 23.7 Å².